The summed E-state index contributed by atoms with van der Waals surface area (Å²) in [5.41, 5.74) is 0. The zero-order chi connectivity index (χ0) is 11.8. The second-order valence-electron chi connectivity index (χ2n) is 4.62. The van der Waals surface area contributed by atoms with Crippen LogP contribution in [0, 0.1) is 6.92 Å². The Balaban J connectivity index is 1.62. The molecule has 1 aliphatic rings. The van der Waals surface area contributed by atoms with Crippen LogP contribution in [-0.2, 0) is 0 Å². The Morgan fingerprint density at radius 3 is 2.82 bits per heavy atom. The Kier molecular flexibility index (Phi) is 2.48. The molecule has 1 saturated heterocycles. The van der Waals surface area contributed by atoms with Crippen molar-refractivity contribution in [3.63, 3.8) is 0 Å². The van der Waals surface area contributed by atoms with Gasteiger partial charge in [0.1, 0.15) is 11.5 Å². The monoisotopic (exact) mass is 232 g/mol. The van der Waals surface area contributed by atoms with Crippen molar-refractivity contribution in [2.45, 2.75) is 25.9 Å². The molecule has 0 spiro atoms. The first-order valence-electron chi connectivity index (χ1n) is 5.90. The summed E-state index contributed by atoms with van der Waals surface area (Å²) in [4.78, 5) is 2.38. The van der Waals surface area contributed by atoms with Gasteiger partial charge < -0.3 is 4.42 Å². The van der Waals surface area contributed by atoms with Crippen molar-refractivity contribution in [1.29, 1.82) is 0 Å². The molecule has 5 heteroatoms. The normalized spacial score (nSPS) is 19.2. The minimum Gasteiger partial charge on any atom is -0.465 e. The van der Waals surface area contributed by atoms with Crippen molar-refractivity contribution in [2.75, 3.05) is 13.1 Å². The summed E-state index contributed by atoms with van der Waals surface area (Å²) >= 11 is 0. The Bertz CT molecular complexity index is 484. The van der Waals surface area contributed by atoms with Gasteiger partial charge in [-0.3, -0.25) is 4.90 Å². The lowest BCUT2D eigenvalue weighted by Crippen LogP contribution is -2.48. The maximum Gasteiger partial charge on any atom is 0.121 e. The summed E-state index contributed by atoms with van der Waals surface area (Å²) in [5.74, 6) is 2.01. The van der Waals surface area contributed by atoms with Crippen LogP contribution in [0.1, 0.15) is 30.5 Å². The van der Waals surface area contributed by atoms with E-state index in [0.717, 1.165) is 24.6 Å². The van der Waals surface area contributed by atoms with Crippen molar-refractivity contribution in [3.05, 3.63) is 36.0 Å². The van der Waals surface area contributed by atoms with E-state index in [9.17, 15) is 0 Å². The van der Waals surface area contributed by atoms with Gasteiger partial charge in [-0.15, -0.1) is 5.10 Å². The molecular formula is C12H16N4O. The molecule has 1 fully saturated rings. The average Bonchev–Trinajstić information content (AvgIpc) is 2.86. The van der Waals surface area contributed by atoms with Gasteiger partial charge in [-0.25, -0.2) is 4.68 Å². The van der Waals surface area contributed by atoms with Gasteiger partial charge in [-0.1, -0.05) is 5.21 Å². The molecule has 3 rings (SSSR count). The van der Waals surface area contributed by atoms with Crippen LogP contribution in [-0.4, -0.2) is 33.0 Å². The van der Waals surface area contributed by atoms with E-state index in [1.165, 1.54) is 0 Å². The second-order valence-corrected chi connectivity index (χ2v) is 4.62. The third-order valence-corrected chi connectivity index (χ3v) is 3.43. The van der Waals surface area contributed by atoms with Gasteiger partial charge in [0.2, 0.25) is 0 Å². The first kappa shape index (κ1) is 10.5. The highest BCUT2D eigenvalue weighted by molar-refractivity contribution is 5.10. The Labute approximate surface area is 100 Å². The molecule has 3 heterocycles. The maximum atomic E-state index is 5.65. The Hall–Kier alpha value is -1.62. The summed E-state index contributed by atoms with van der Waals surface area (Å²) < 4.78 is 7.58. The van der Waals surface area contributed by atoms with Crippen molar-refractivity contribution >= 4 is 0 Å². The van der Waals surface area contributed by atoms with E-state index in [-0.39, 0.29) is 0 Å². The van der Waals surface area contributed by atoms with Crippen LogP contribution in [0.5, 0.6) is 0 Å². The summed E-state index contributed by atoms with van der Waals surface area (Å²) in [7, 11) is 0. The summed E-state index contributed by atoms with van der Waals surface area (Å²) in [6.45, 7) is 6.16. The first-order valence-corrected chi connectivity index (χ1v) is 5.90. The standard InChI is InChI=1S/C12H16N4O/c1-9-3-4-12(17-9)10(2)15-7-11(8-15)16-6-5-13-14-16/h3-6,10-11H,7-8H2,1-2H3. The maximum absolute atomic E-state index is 5.65. The fraction of sp³-hybridized carbons (Fsp3) is 0.500. The van der Waals surface area contributed by atoms with E-state index in [2.05, 4.69) is 28.2 Å². The number of aromatic nitrogens is 3. The van der Waals surface area contributed by atoms with Crippen molar-refractivity contribution in [1.82, 2.24) is 19.9 Å². The minimum absolute atomic E-state index is 0.337. The van der Waals surface area contributed by atoms with Crippen LogP contribution in [0.15, 0.2) is 28.9 Å². The highest BCUT2D eigenvalue weighted by Crippen LogP contribution is 2.31. The number of likely N-dealkylation sites (tertiary alicyclic amines) is 1. The highest BCUT2D eigenvalue weighted by atomic mass is 16.3. The zero-order valence-corrected chi connectivity index (χ0v) is 10.1. The zero-order valence-electron chi connectivity index (χ0n) is 10.1. The predicted molar refractivity (Wildman–Crippen MR) is 62.5 cm³/mol. The number of furan rings is 1. The third kappa shape index (κ3) is 1.86. The molecule has 0 saturated carbocycles. The van der Waals surface area contributed by atoms with Gasteiger partial charge in [0.25, 0.3) is 0 Å². The molecule has 1 aliphatic heterocycles. The van der Waals surface area contributed by atoms with Crippen LogP contribution in [0.25, 0.3) is 0 Å². The molecule has 0 amide bonds. The lowest BCUT2D eigenvalue weighted by Gasteiger charge is -2.42. The van der Waals surface area contributed by atoms with Gasteiger partial charge in [0.15, 0.2) is 0 Å². The van der Waals surface area contributed by atoms with Crippen LogP contribution >= 0.6 is 0 Å². The second kappa shape index (κ2) is 4.00. The molecule has 0 aliphatic carbocycles. The number of hydrogen-bond donors (Lipinski definition) is 0. The molecule has 2 aromatic heterocycles. The molecule has 0 radical (unpaired) electrons. The number of rotatable bonds is 3. The molecule has 0 bridgehead atoms. The molecule has 90 valence electrons. The minimum atomic E-state index is 0.337. The van der Waals surface area contributed by atoms with Gasteiger partial charge in [0.05, 0.1) is 18.3 Å². The van der Waals surface area contributed by atoms with Gasteiger partial charge in [-0.2, -0.15) is 0 Å². The quantitative estimate of drug-likeness (QED) is 0.809. The number of hydrogen-bond acceptors (Lipinski definition) is 4. The highest BCUT2D eigenvalue weighted by Gasteiger charge is 2.33. The molecule has 5 nitrogen and oxygen atoms in total. The van der Waals surface area contributed by atoms with Gasteiger partial charge >= 0.3 is 0 Å². The lowest BCUT2D eigenvalue weighted by atomic mass is 10.1. The summed E-state index contributed by atoms with van der Waals surface area (Å²) in [6.07, 6.45) is 3.64. The number of nitrogens with zero attached hydrogens (tertiary/aromatic N) is 4. The van der Waals surface area contributed by atoms with E-state index in [0.29, 0.717) is 12.1 Å². The molecule has 0 N–H and O–H groups in total. The van der Waals surface area contributed by atoms with E-state index < -0.39 is 0 Å². The third-order valence-electron chi connectivity index (χ3n) is 3.43. The van der Waals surface area contributed by atoms with Crippen molar-refractivity contribution in [2.24, 2.45) is 0 Å². The Morgan fingerprint density at radius 1 is 1.41 bits per heavy atom. The average molecular weight is 232 g/mol. The van der Waals surface area contributed by atoms with E-state index >= 15 is 0 Å². The molecule has 2 aromatic rings. The van der Waals surface area contributed by atoms with Crippen LogP contribution in [0.2, 0.25) is 0 Å². The van der Waals surface area contributed by atoms with Crippen LogP contribution < -0.4 is 0 Å². The molecule has 1 atom stereocenters. The number of aryl methyl sites for hydroxylation is 1. The predicted octanol–water partition coefficient (Wildman–Crippen LogP) is 1.80. The van der Waals surface area contributed by atoms with Crippen LogP contribution in [0.3, 0.4) is 0 Å². The van der Waals surface area contributed by atoms with E-state index in [4.69, 9.17) is 4.42 Å². The summed E-state index contributed by atoms with van der Waals surface area (Å²) in [5, 5.41) is 7.86. The lowest BCUT2D eigenvalue weighted by molar-refractivity contribution is 0.0493. The van der Waals surface area contributed by atoms with Crippen LogP contribution in [0.4, 0.5) is 0 Å². The fourth-order valence-corrected chi connectivity index (χ4v) is 2.24. The molecular weight excluding hydrogens is 216 g/mol. The van der Waals surface area contributed by atoms with Gasteiger partial charge in [0, 0.05) is 19.3 Å². The largest absolute Gasteiger partial charge is 0.465 e. The fourth-order valence-electron chi connectivity index (χ4n) is 2.24. The van der Waals surface area contributed by atoms with E-state index in [1.807, 2.05) is 23.9 Å². The van der Waals surface area contributed by atoms with Crippen molar-refractivity contribution in [3.8, 4) is 0 Å². The Morgan fingerprint density at radius 2 is 2.24 bits per heavy atom. The SMILES string of the molecule is Cc1ccc(C(C)N2CC(n3ccnn3)C2)o1. The topological polar surface area (TPSA) is 47.1 Å². The summed E-state index contributed by atoms with van der Waals surface area (Å²) in [6, 6.07) is 4.86. The molecule has 0 aromatic carbocycles. The molecule has 1 unspecified atom stereocenters. The van der Waals surface area contributed by atoms with E-state index in [1.54, 1.807) is 6.20 Å². The first-order chi connectivity index (χ1) is 8.24. The smallest absolute Gasteiger partial charge is 0.121 e. The van der Waals surface area contributed by atoms with Crippen molar-refractivity contribution < 1.29 is 4.42 Å². The van der Waals surface area contributed by atoms with Gasteiger partial charge in [-0.05, 0) is 26.0 Å². The molecule has 17 heavy (non-hydrogen) atoms.